The van der Waals surface area contributed by atoms with Gasteiger partial charge >= 0.3 is 11.9 Å². The predicted octanol–water partition coefficient (Wildman–Crippen LogP) is 7.14. The molecule has 234 valence electrons. The van der Waals surface area contributed by atoms with Crippen LogP contribution in [-0.2, 0) is 37.6 Å². The van der Waals surface area contributed by atoms with E-state index in [1.165, 1.54) is 7.11 Å². The molecule has 0 aromatic heterocycles. The van der Waals surface area contributed by atoms with Crippen LogP contribution in [0.25, 0.3) is 0 Å². The van der Waals surface area contributed by atoms with E-state index >= 15 is 0 Å². The number of aliphatic hydroxyl groups is 1. The van der Waals surface area contributed by atoms with Gasteiger partial charge in [0.1, 0.15) is 18.1 Å². The molecule has 0 unspecified atom stereocenters. The molecule has 0 fully saturated rings. The summed E-state index contributed by atoms with van der Waals surface area (Å²) in [6, 6.07) is 46.1. The van der Waals surface area contributed by atoms with E-state index in [1.54, 1.807) is 12.1 Å². The average Bonchev–Trinajstić information content (AvgIpc) is 3.13. The number of hydrogen-bond donors (Lipinski definition) is 1. The fourth-order valence-electron chi connectivity index (χ4n) is 5.71. The molecule has 5 rings (SSSR count). The Balaban J connectivity index is 1.48. The minimum Gasteiger partial charge on any atom is -0.465 e. The van der Waals surface area contributed by atoms with Crippen LogP contribution in [0, 0.1) is 5.92 Å². The van der Waals surface area contributed by atoms with Crippen molar-refractivity contribution in [3.8, 4) is 0 Å². The van der Waals surface area contributed by atoms with Gasteiger partial charge in [-0.2, -0.15) is 0 Å². The molecule has 0 radical (unpaired) electrons. The maximum absolute atomic E-state index is 13.8. The zero-order valence-electron chi connectivity index (χ0n) is 25.8. The van der Waals surface area contributed by atoms with Gasteiger partial charge in [-0.05, 0) is 46.7 Å². The zero-order valence-corrected chi connectivity index (χ0v) is 25.8. The van der Waals surface area contributed by atoms with E-state index in [9.17, 15) is 14.7 Å². The molecule has 0 aliphatic carbocycles. The summed E-state index contributed by atoms with van der Waals surface area (Å²) in [4.78, 5) is 26.2. The Kier molecular flexibility index (Phi) is 11.1. The third kappa shape index (κ3) is 7.60. The summed E-state index contributed by atoms with van der Waals surface area (Å²) in [5.74, 6) is -2.05. The molecule has 1 N–H and O–H groups in total. The second-order valence-corrected chi connectivity index (χ2v) is 11.0. The van der Waals surface area contributed by atoms with Crippen LogP contribution in [0.5, 0.6) is 0 Å². The summed E-state index contributed by atoms with van der Waals surface area (Å²) >= 11 is 0. The van der Waals surface area contributed by atoms with Crippen LogP contribution in [0.2, 0.25) is 0 Å². The summed E-state index contributed by atoms with van der Waals surface area (Å²) in [5, 5.41) is 11.6. The standard InChI is InChI=1S/C40H38O6/c1-44-38(42)35-25-15-14-18-31(35)26-27-37(41)36(39(43)45-28-30-16-6-2-7-17-30)29-46-40(32-19-8-3-9-20-32,33-21-10-4-11-22-33)34-23-12-5-13-24-34/h2-25,36-37,41H,26-29H2,1H3/t36-,37+/m1/s1. The Bertz CT molecular complexity index is 1580. The fraction of sp³-hybridized carbons (Fsp3) is 0.200. The minimum absolute atomic E-state index is 0.0647. The number of methoxy groups -OCH3 is 1. The third-order valence-corrected chi connectivity index (χ3v) is 8.14. The van der Waals surface area contributed by atoms with Crippen LogP contribution in [0.4, 0.5) is 0 Å². The molecule has 6 heteroatoms. The van der Waals surface area contributed by atoms with Crippen molar-refractivity contribution in [3.63, 3.8) is 0 Å². The molecule has 0 bridgehead atoms. The average molecular weight is 615 g/mol. The van der Waals surface area contributed by atoms with Crippen LogP contribution in [-0.4, -0.2) is 36.9 Å². The van der Waals surface area contributed by atoms with Gasteiger partial charge in [0.25, 0.3) is 0 Å². The number of carbonyl (C=O) groups is 2. The van der Waals surface area contributed by atoms with Crippen molar-refractivity contribution in [1.29, 1.82) is 0 Å². The second kappa shape index (κ2) is 15.8. The first-order valence-electron chi connectivity index (χ1n) is 15.4. The lowest BCUT2D eigenvalue weighted by atomic mass is 9.80. The SMILES string of the molecule is COC(=O)c1ccccc1CC[C@H](O)[C@@H](COC(c1ccccc1)(c1ccccc1)c1ccccc1)C(=O)OCc1ccccc1. The van der Waals surface area contributed by atoms with Crippen LogP contribution in [0.1, 0.15) is 44.6 Å². The Morgan fingerprint density at radius 2 is 1.15 bits per heavy atom. The van der Waals surface area contributed by atoms with Gasteiger partial charge in [-0.25, -0.2) is 4.79 Å². The Morgan fingerprint density at radius 1 is 0.674 bits per heavy atom. The molecular weight excluding hydrogens is 576 g/mol. The second-order valence-electron chi connectivity index (χ2n) is 11.0. The summed E-state index contributed by atoms with van der Waals surface area (Å²) in [5.41, 5.74) is 3.54. The molecule has 2 atom stereocenters. The molecule has 0 aliphatic rings. The van der Waals surface area contributed by atoms with E-state index in [2.05, 4.69) is 0 Å². The number of benzene rings is 5. The number of aryl methyl sites for hydroxylation is 1. The molecule has 0 amide bonds. The summed E-state index contributed by atoms with van der Waals surface area (Å²) in [7, 11) is 1.34. The first-order chi connectivity index (χ1) is 22.5. The molecule has 6 nitrogen and oxygen atoms in total. The Morgan fingerprint density at radius 3 is 1.67 bits per heavy atom. The number of aliphatic hydroxyl groups excluding tert-OH is 1. The highest BCUT2D eigenvalue weighted by Crippen LogP contribution is 2.41. The summed E-state index contributed by atoms with van der Waals surface area (Å²) in [6.45, 7) is -0.0681. The first kappa shape index (κ1) is 32.4. The van der Waals surface area contributed by atoms with Crippen molar-refractivity contribution in [2.75, 3.05) is 13.7 Å². The molecule has 0 spiro atoms. The monoisotopic (exact) mass is 614 g/mol. The van der Waals surface area contributed by atoms with E-state index in [0.717, 1.165) is 27.8 Å². The zero-order chi connectivity index (χ0) is 32.2. The number of rotatable bonds is 14. The highest BCUT2D eigenvalue weighted by Gasteiger charge is 2.40. The van der Waals surface area contributed by atoms with Crippen molar-refractivity contribution in [2.45, 2.75) is 31.2 Å². The number of ether oxygens (including phenoxy) is 3. The van der Waals surface area contributed by atoms with Gasteiger partial charge < -0.3 is 19.3 Å². The van der Waals surface area contributed by atoms with Gasteiger partial charge in [-0.3, -0.25) is 4.79 Å². The molecule has 46 heavy (non-hydrogen) atoms. The molecule has 0 saturated heterocycles. The van der Waals surface area contributed by atoms with Crippen LogP contribution >= 0.6 is 0 Å². The first-order valence-corrected chi connectivity index (χ1v) is 15.4. The lowest BCUT2D eigenvalue weighted by Gasteiger charge is -2.37. The van der Waals surface area contributed by atoms with Crippen LogP contribution in [0.15, 0.2) is 146 Å². The number of hydrogen-bond acceptors (Lipinski definition) is 6. The van der Waals surface area contributed by atoms with E-state index in [4.69, 9.17) is 14.2 Å². The number of carbonyl (C=O) groups excluding carboxylic acids is 2. The molecule has 0 aliphatic heterocycles. The van der Waals surface area contributed by atoms with E-state index in [1.807, 2.05) is 133 Å². The van der Waals surface area contributed by atoms with Crippen molar-refractivity contribution < 1.29 is 28.9 Å². The summed E-state index contributed by atoms with van der Waals surface area (Å²) in [6.07, 6.45) is -0.595. The van der Waals surface area contributed by atoms with Crippen molar-refractivity contribution in [1.82, 2.24) is 0 Å². The van der Waals surface area contributed by atoms with Gasteiger partial charge in [0.15, 0.2) is 0 Å². The van der Waals surface area contributed by atoms with E-state index in [-0.39, 0.29) is 19.6 Å². The van der Waals surface area contributed by atoms with Crippen LogP contribution < -0.4 is 0 Å². The smallest absolute Gasteiger partial charge is 0.338 e. The molecule has 0 heterocycles. The third-order valence-electron chi connectivity index (χ3n) is 8.14. The highest BCUT2D eigenvalue weighted by atomic mass is 16.5. The van der Waals surface area contributed by atoms with Crippen molar-refractivity contribution >= 4 is 11.9 Å². The topological polar surface area (TPSA) is 82.1 Å². The lowest BCUT2D eigenvalue weighted by molar-refractivity contribution is -0.159. The lowest BCUT2D eigenvalue weighted by Crippen LogP contribution is -2.40. The Hall–Kier alpha value is -5.04. The largest absolute Gasteiger partial charge is 0.465 e. The van der Waals surface area contributed by atoms with E-state index < -0.39 is 29.6 Å². The quantitative estimate of drug-likeness (QED) is 0.106. The highest BCUT2D eigenvalue weighted by molar-refractivity contribution is 5.91. The van der Waals surface area contributed by atoms with Gasteiger partial charge in [-0.1, -0.05) is 140 Å². The number of esters is 2. The van der Waals surface area contributed by atoms with Crippen molar-refractivity contribution in [3.05, 3.63) is 179 Å². The normalized spacial score (nSPS) is 12.6. The van der Waals surface area contributed by atoms with Gasteiger partial charge in [0, 0.05) is 0 Å². The van der Waals surface area contributed by atoms with Crippen LogP contribution in [0.3, 0.4) is 0 Å². The molecule has 5 aromatic rings. The predicted molar refractivity (Wildman–Crippen MR) is 177 cm³/mol. The Labute approximate surface area is 270 Å². The van der Waals surface area contributed by atoms with Crippen molar-refractivity contribution in [2.24, 2.45) is 5.92 Å². The minimum atomic E-state index is -1.13. The van der Waals surface area contributed by atoms with Gasteiger partial charge in [-0.15, -0.1) is 0 Å². The summed E-state index contributed by atoms with van der Waals surface area (Å²) < 4.78 is 17.7. The van der Waals surface area contributed by atoms with Gasteiger partial charge in [0.05, 0.1) is 25.4 Å². The maximum atomic E-state index is 13.8. The molecular formula is C40H38O6. The van der Waals surface area contributed by atoms with Gasteiger partial charge in [0.2, 0.25) is 0 Å². The maximum Gasteiger partial charge on any atom is 0.338 e. The molecule has 0 saturated carbocycles. The fourth-order valence-corrected chi connectivity index (χ4v) is 5.71. The molecule has 5 aromatic carbocycles. The van der Waals surface area contributed by atoms with E-state index in [0.29, 0.717) is 12.0 Å².